The molecule has 0 aromatic heterocycles. The quantitative estimate of drug-likeness (QED) is 0.633. The Morgan fingerprint density at radius 3 is 3.42 bits per heavy atom. The van der Waals surface area contributed by atoms with Crippen LogP contribution in [0.5, 0.6) is 5.75 Å². The van der Waals surface area contributed by atoms with Gasteiger partial charge in [0, 0.05) is 13.4 Å². The van der Waals surface area contributed by atoms with Crippen LogP contribution in [0.1, 0.15) is 24.0 Å². The van der Waals surface area contributed by atoms with E-state index in [2.05, 4.69) is 0 Å². The summed E-state index contributed by atoms with van der Waals surface area (Å²) in [5, 5.41) is 21.0. The third kappa shape index (κ3) is 2.22. The zero-order chi connectivity index (χ0) is 16.7. The number of hydrogen-bond donors (Lipinski definition) is 3. The van der Waals surface area contributed by atoms with Crippen molar-refractivity contribution in [2.75, 3.05) is 13.5 Å². The second kappa shape index (κ2) is 4.09. The lowest BCUT2D eigenvalue weighted by molar-refractivity contribution is 0.177. The Labute approximate surface area is 84.3 Å². The van der Waals surface area contributed by atoms with Crippen molar-refractivity contribution in [2.45, 2.75) is 6.10 Å². The molecule has 3 N–H and O–H groups in total. The molecule has 12 heavy (non-hydrogen) atoms. The van der Waals surface area contributed by atoms with Gasteiger partial charge in [0.1, 0.15) is 5.75 Å². The van der Waals surface area contributed by atoms with E-state index in [1.165, 1.54) is 5.32 Å². The van der Waals surface area contributed by atoms with Gasteiger partial charge in [-0.3, -0.25) is 0 Å². The molecule has 0 unspecified atom stereocenters. The molecular weight excluding hydrogens is 154 g/mol. The molecule has 0 saturated heterocycles. The van der Waals surface area contributed by atoms with Crippen molar-refractivity contribution < 1.29 is 22.5 Å². The lowest BCUT2D eigenvalue weighted by atomic mass is 10.1. The normalized spacial score (nSPS) is 25.9. The fourth-order valence-corrected chi connectivity index (χ4v) is 0.625. The standard InChI is InChI=1S/C9H13NO2/c1-10-6-9(12)7-3-2-4-8(11)5-7/h2-5,9-12H,6H2,1H3/t9-/m0/s1/i1D3,2D,3D,4D,5D,6D2. The van der Waals surface area contributed by atoms with E-state index in [1.54, 1.807) is 0 Å². The van der Waals surface area contributed by atoms with Crippen molar-refractivity contribution >= 4 is 0 Å². The lowest BCUT2D eigenvalue weighted by Crippen LogP contribution is -2.16. The number of rotatable bonds is 3. The maximum Gasteiger partial charge on any atom is 0.115 e. The minimum absolute atomic E-state index is 0.768. The molecule has 0 heterocycles. The van der Waals surface area contributed by atoms with Crippen LogP contribution >= 0.6 is 0 Å². The Morgan fingerprint density at radius 2 is 2.67 bits per heavy atom. The van der Waals surface area contributed by atoms with E-state index in [4.69, 9.17) is 12.3 Å². The van der Waals surface area contributed by atoms with Crippen molar-refractivity contribution in [1.29, 1.82) is 0 Å². The zero-order valence-corrected chi connectivity index (χ0v) is 5.97. The van der Waals surface area contributed by atoms with Crippen molar-refractivity contribution in [3.05, 3.63) is 29.7 Å². The summed E-state index contributed by atoms with van der Waals surface area (Å²) in [6.45, 7) is -5.88. The van der Waals surface area contributed by atoms with Crippen LogP contribution in [0.15, 0.2) is 24.2 Å². The van der Waals surface area contributed by atoms with Crippen molar-refractivity contribution in [2.24, 2.45) is 0 Å². The van der Waals surface area contributed by atoms with E-state index in [1.807, 2.05) is 0 Å². The van der Waals surface area contributed by atoms with Crippen LogP contribution < -0.4 is 5.32 Å². The predicted octanol–water partition coefficient (Wildman–Crippen LogP) is 0.645. The minimum atomic E-state index is -2.95. The smallest absolute Gasteiger partial charge is 0.115 e. The number of nitrogens with one attached hydrogen (secondary N) is 1. The van der Waals surface area contributed by atoms with Gasteiger partial charge in [-0.1, -0.05) is 12.1 Å². The van der Waals surface area contributed by atoms with Gasteiger partial charge < -0.3 is 15.5 Å². The maximum atomic E-state index is 9.93. The van der Waals surface area contributed by atoms with Gasteiger partial charge in [0.15, 0.2) is 0 Å². The first-order valence-electron chi connectivity index (χ1n) is 7.56. The molecule has 3 nitrogen and oxygen atoms in total. The van der Waals surface area contributed by atoms with Crippen molar-refractivity contribution in [3.8, 4) is 5.75 Å². The van der Waals surface area contributed by atoms with Crippen LogP contribution in [0.3, 0.4) is 0 Å². The Morgan fingerprint density at radius 1 is 1.83 bits per heavy atom. The molecule has 1 rings (SSSR count). The second-order valence-corrected chi connectivity index (χ2v) is 1.93. The average molecular weight is 176 g/mol. The monoisotopic (exact) mass is 176 g/mol. The van der Waals surface area contributed by atoms with Gasteiger partial charge in [0.2, 0.25) is 0 Å². The summed E-state index contributed by atoms with van der Waals surface area (Å²) in [5.74, 6) is -0.991. The Kier molecular flexibility index (Phi) is 0.926. The predicted molar refractivity (Wildman–Crippen MR) is 47.0 cm³/mol. The number of hydrogen-bond acceptors (Lipinski definition) is 3. The van der Waals surface area contributed by atoms with Crippen LogP contribution in [-0.4, -0.2) is 23.7 Å². The molecule has 1 atom stereocenters. The summed E-state index contributed by atoms with van der Waals surface area (Å²) in [5.41, 5.74) is -0.768. The van der Waals surface area contributed by atoms with Gasteiger partial charge >= 0.3 is 0 Å². The molecule has 0 aliphatic heterocycles. The lowest BCUT2D eigenvalue weighted by Gasteiger charge is -2.09. The molecule has 66 valence electrons. The molecule has 0 aliphatic rings. The van der Waals surface area contributed by atoms with E-state index in [9.17, 15) is 10.2 Å². The number of phenols is 1. The molecule has 1 aromatic rings. The average Bonchev–Trinajstić information content (AvgIpc) is 2.31. The third-order valence-corrected chi connectivity index (χ3v) is 1.11. The first-order chi connectivity index (χ1) is 9.29. The number of phenolic OH excluding ortho intramolecular Hbond substituents is 1. The van der Waals surface area contributed by atoms with E-state index >= 15 is 0 Å². The number of aromatic hydroxyl groups is 1. The van der Waals surface area contributed by atoms with Gasteiger partial charge in [-0.15, -0.1) is 0 Å². The van der Waals surface area contributed by atoms with Crippen LogP contribution in [0.2, 0.25) is 0 Å². The second-order valence-electron chi connectivity index (χ2n) is 1.93. The summed E-state index contributed by atoms with van der Waals surface area (Å²) in [7, 11) is 0. The van der Waals surface area contributed by atoms with Crippen molar-refractivity contribution in [3.63, 3.8) is 0 Å². The highest BCUT2D eigenvalue weighted by Crippen LogP contribution is 2.17. The first kappa shape index (κ1) is 2.72. The molecule has 0 radical (unpaired) electrons. The number of benzene rings is 1. The van der Waals surface area contributed by atoms with Crippen LogP contribution in [0.25, 0.3) is 0 Å². The highest BCUT2D eigenvalue weighted by atomic mass is 16.3. The van der Waals surface area contributed by atoms with Gasteiger partial charge in [-0.2, -0.15) is 0 Å². The minimum Gasteiger partial charge on any atom is -0.508 e. The third-order valence-electron chi connectivity index (χ3n) is 1.11. The summed E-state index contributed by atoms with van der Waals surface area (Å²) in [4.78, 5) is 0. The highest BCUT2D eigenvalue weighted by Gasteiger charge is 2.05. The fraction of sp³-hybridized carbons (Fsp3) is 0.333. The largest absolute Gasteiger partial charge is 0.508 e. The molecule has 0 spiro atoms. The molecule has 3 heteroatoms. The van der Waals surface area contributed by atoms with Gasteiger partial charge in [-0.25, -0.2) is 0 Å². The fourth-order valence-electron chi connectivity index (χ4n) is 0.625. The molecule has 0 fully saturated rings. The van der Waals surface area contributed by atoms with Gasteiger partial charge in [0.05, 0.1) is 11.6 Å². The Hall–Kier alpha value is -1.06. The summed E-state index contributed by atoms with van der Waals surface area (Å²) < 4.78 is 65.6. The highest BCUT2D eigenvalue weighted by molar-refractivity contribution is 5.28. The molecule has 0 aliphatic carbocycles. The topological polar surface area (TPSA) is 52.5 Å². The van der Waals surface area contributed by atoms with Crippen molar-refractivity contribution in [1.82, 2.24) is 5.32 Å². The van der Waals surface area contributed by atoms with Crippen LogP contribution in [-0.2, 0) is 0 Å². The Balaban J connectivity index is 3.41. The summed E-state index contributed by atoms with van der Waals surface area (Å²) in [6.07, 6.45) is -2.30. The number of aliphatic hydroxyl groups excluding tert-OH is 1. The van der Waals surface area contributed by atoms with Crippen LogP contribution in [0.4, 0.5) is 0 Å². The molecule has 1 aromatic carbocycles. The maximum absolute atomic E-state index is 9.93. The Bertz CT molecular complexity index is 528. The molecule has 0 bridgehead atoms. The van der Waals surface area contributed by atoms with Crippen LogP contribution in [0, 0.1) is 0 Å². The zero-order valence-electron chi connectivity index (χ0n) is 15.0. The van der Waals surface area contributed by atoms with E-state index in [0.29, 0.717) is 0 Å². The number of likely N-dealkylation sites (N-methyl/N-ethyl adjacent to an activating group) is 1. The van der Waals surface area contributed by atoms with Gasteiger partial charge in [0.25, 0.3) is 0 Å². The van der Waals surface area contributed by atoms with E-state index in [0.717, 1.165) is 0 Å². The number of aliphatic hydroxyl groups is 1. The first-order valence-corrected chi connectivity index (χ1v) is 3.06. The SMILES string of the molecule is [2H]c1c([2H])c(O)c([2H])c([C@@H](O)C([2H])([2H])NC([2H])([2H])[2H])c1[2H]. The summed E-state index contributed by atoms with van der Waals surface area (Å²) >= 11 is 0. The summed E-state index contributed by atoms with van der Waals surface area (Å²) in [6, 6.07) is -3.33. The van der Waals surface area contributed by atoms with E-state index < -0.39 is 55.1 Å². The van der Waals surface area contributed by atoms with Gasteiger partial charge in [-0.05, 0) is 24.6 Å². The van der Waals surface area contributed by atoms with E-state index in [-0.39, 0.29) is 0 Å². The molecule has 0 amide bonds. The molecular formula is C9H13NO2. The molecule has 0 saturated carbocycles.